The van der Waals surface area contributed by atoms with Crippen molar-refractivity contribution >= 4 is 77.7 Å². The number of hydrogen-bond acceptors (Lipinski definition) is 4. The lowest BCUT2D eigenvalue weighted by Crippen LogP contribution is -2.31. The Morgan fingerprint density at radius 1 is 0.366 bits per heavy atom. The lowest BCUT2D eigenvalue weighted by atomic mass is 9.84. The normalized spacial score (nSPS) is 15.4. The largest absolute Gasteiger partial charge is 0.333 e. The van der Waals surface area contributed by atoms with Crippen molar-refractivity contribution in [2.24, 2.45) is 0 Å². The van der Waals surface area contributed by atoms with Crippen molar-refractivity contribution in [1.29, 1.82) is 0 Å². The Kier molecular flexibility index (Phi) is 10.4. The van der Waals surface area contributed by atoms with Gasteiger partial charge in [-0.05, 0) is 108 Å². The third-order valence-electron chi connectivity index (χ3n) is 17.2. The van der Waals surface area contributed by atoms with E-state index < -0.39 is 0 Å². The van der Waals surface area contributed by atoms with Gasteiger partial charge < -0.3 is 18.6 Å². The van der Waals surface area contributed by atoms with Gasteiger partial charge in [0.15, 0.2) is 17.5 Å². The molecule has 2 atom stereocenters. The molecule has 82 heavy (non-hydrogen) atoms. The summed E-state index contributed by atoms with van der Waals surface area (Å²) in [5.41, 5.74) is 20.7. The SMILES string of the molecule is C1=CC(n2c3ccc(-c4ccc5c(c4)c4c(n5-c5cccc(-c6nc(-c7ccccc7)nc(-c7ccccc7)n6)c5)C5c6ccccc6N(c6ccccc6)C5C=C4)cc3c3ccc4c5ccccc5n(-c5ccccc5)c4c32)=CCC1. The van der Waals surface area contributed by atoms with Crippen molar-refractivity contribution in [2.75, 3.05) is 4.90 Å². The van der Waals surface area contributed by atoms with Crippen LogP contribution in [0, 0.1) is 0 Å². The van der Waals surface area contributed by atoms with Crippen molar-refractivity contribution in [1.82, 2.24) is 28.7 Å². The number of para-hydroxylation sites is 4. The summed E-state index contributed by atoms with van der Waals surface area (Å²) >= 11 is 0. The van der Waals surface area contributed by atoms with Crippen LogP contribution in [-0.4, -0.2) is 34.7 Å². The Morgan fingerprint density at radius 3 is 1.63 bits per heavy atom. The molecular formula is C75H51N7. The quantitative estimate of drug-likeness (QED) is 0.152. The van der Waals surface area contributed by atoms with Gasteiger partial charge >= 0.3 is 0 Å². The standard InChI is InChI=1S/C75H51N7/c1-6-21-48(22-7-1)73-76-74(49-23-8-2-9-24-49)78-75(77-73)52-25-20-32-56(45-52)82-67-43-38-50(46-62(67)59-41-44-68-69(70(59)82)61-34-17-19-36-65(61)79(68)53-26-10-3-11-27-53)51-37-42-66-63(47-51)60-40-39-58-57-33-16-18-35-64(57)80(54-28-12-4-13-29-54)71(58)72(60)81(66)55-30-14-5-15-31-55/h1-4,6-14,16-47,68-69H,5,15H2. The summed E-state index contributed by atoms with van der Waals surface area (Å²) in [6.45, 7) is 0. The van der Waals surface area contributed by atoms with Crippen molar-refractivity contribution in [3.05, 3.63) is 284 Å². The van der Waals surface area contributed by atoms with Gasteiger partial charge in [0, 0.05) is 83.3 Å². The molecule has 1 aliphatic heterocycles. The first kappa shape index (κ1) is 46.3. The van der Waals surface area contributed by atoms with Crippen LogP contribution in [0.4, 0.5) is 11.4 Å². The van der Waals surface area contributed by atoms with Crippen LogP contribution in [0.5, 0.6) is 0 Å². The molecule has 0 amide bonds. The molecule has 3 aliphatic rings. The monoisotopic (exact) mass is 1050 g/mol. The number of rotatable bonds is 8. The molecule has 5 heterocycles. The van der Waals surface area contributed by atoms with E-state index in [1.54, 1.807) is 0 Å². The van der Waals surface area contributed by atoms with Crippen LogP contribution in [0.2, 0.25) is 0 Å². The second-order valence-corrected chi connectivity index (χ2v) is 21.8. The molecule has 7 nitrogen and oxygen atoms in total. The summed E-state index contributed by atoms with van der Waals surface area (Å²) in [4.78, 5) is 18.0. The van der Waals surface area contributed by atoms with E-state index >= 15 is 0 Å². The highest BCUT2D eigenvalue weighted by Gasteiger charge is 2.44. The minimum Gasteiger partial charge on any atom is -0.333 e. The number of aromatic nitrogens is 6. The molecular weight excluding hydrogens is 999 g/mol. The van der Waals surface area contributed by atoms with E-state index in [1.807, 2.05) is 36.4 Å². The molecule has 10 aromatic carbocycles. The molecule has 0 spiro atoms. The molecule has 17 rings (SSSR count). The molecule has 14 aromatic rings. The Bertz CT molecular complexity index is 4930. The van der Waals surface area contributed by atoms with Gasteiger partial charge in [-0.2, -0.15) is 0 Å². The minimum absolute atomic E-state index is 0.0244. The first-order valence-corrected chi connectivity index (χ1v) is 28.4. The predicted octanol–water partition coefficient (Wildman–Crippen LogP) is 18.6. The molecule has 0 N–H and O–H groups in total. The topological polar surface area (TPSA) is 56.7 Å². The van der Waals surface area contributed by atoms with Crippen molar-refractivity contribution in [3.63, 3.8) is 0 Å². The second kappa shape index (κ2) is 18.5. The third-order valence-corrected chi connectivity index (χ3v) is 17.2. The average Bonchev–Trinajstić information content (AvgIpc) is 1.97. The molecule has 7 heteroatoms. The first-order chi connectivity index (χ1) is 40.7. The number of benzene rings is 10. The van der Waals surface area contributed by atoms with Crippen LogP contribution in [0.15, 0.2) is 267 Å². The summed E-state index contributed by atoms with van der Waals surface area (Å²) in [5, 5.41) is 6.16. The summed E-state index contributed by atoms with van der Waals surface area (Å²) in [6, 6.07) is 87.8. The molecule has 0 fully saturated rings. The van der Waals surface area contributed by atoms with Gasteiger partial charge in [0.25, 0.3) is 0 Å². The fourth-order valence-electron chi connectivity index (χ4n) is 13.7. The lowest BCUT2D eigenvalue weighted by molar-refractivity contribution is 0.693. The lowest BCUT2D eigenvalue weighted by Gasteiger charge is -2.31. The highest BCUT2D eigenvalue weighted by molar-refractivity contribution is 6.24. The Morgan fingerprint density at radius 2 is 0.927 bits per heavy atom. The van der Waals surface area contributed by atoms with E-state index in [2.05, 4.69) is 255 Å². The Hall–Kier alpha value is -10.6. The van der Waals surface area contributed by atoms with Crippen LogP contribution in [0.1, 0.15) is 35.6 Å². The van der Waals surface area contributed by atoms with E-state index in [-0.39, 0.29) is 12.0 Å². The molecule has 2 aliphatic carbocycles. The van der Waals surface area contributed by atoms with Gasteiger partial charge in [0.1, 0.15) is 0 Å². The molecule has 0 bridgehead atoms. The van der Waals surface area contributed by atoms with Gasteiger partial charge in [-0.3, -0.25) is 0 Å². The van der Waals surface area contributed by atoms with E-state index in [4.69, 9.17) is 15.0 Å². The summed E-state index contributed by atoms with van der Waals surface area (Å²) < 4.78 is 7.53. The second-order valence-electron chi connectivity index (χ2n) is 21.8. The zero-order valence-corrected chi connectivity index (χ0v) is 44.7. The molecule has 386 valence electrons. The number of hydrogen-bond donors (Lipinski definition) is 0. The summed E-state index contributed by atoms with van der Waals surface area (Å²) in [6.07, 6.45) is 13.9. The van der Waals surface area contributed by atoms with Gasteiger partial charge in [-0.15, -0.1) is 0 Å². The first-order valence-electron chi connectivity index (χ1n) is 28.4. The van der Waals surface area contributed by atoms with Crippen LogP contribution in [0.3, 0.4) is 0 Å². The third kappa shape index (κ3) is 7.12. The fraction of sp³-hybridized carbons (Fsp3) is 0.0533. The Labute approximate surface area is 474 Å². The predicted molar refractivity (Wildman–Crippen MR) is 338 cm³/mol. The van der Waals surface area contributed by atoms with E-state index in [0.717, 1.165) is 46.4 Å². The molecule has 0 radical (unpaired) electrons. The summed E-state index contributed by atoms with van der Waals surface area (Å²) in [7, 11) is 0. The molecule has 0 saturated carbocycles. The Balaban J connectivity index is 0.881. The van der Waals surface area contributed by atoms with E-state index in [1.165, 1.54) is 94.0 Å². The van der Waals surface area contributed by atoms with Crippen LogP contribution in [-0.2, 0) is 0 Å². The van der Waals surface area contributed by atoms with E-state index in [0.29, 0.717) is 17.5 Å². The maximum Gasteiger partial charge on any atom is 0.164 e. The van der Waals surface area contributed by atoms with E-state index in [9.17, 15) is 0 Å². The van der Waals surface area contributed by atoms with Crippen LogP contribution < -0.4 is 4.90 Å². The average molecular weight is 1050 g/mol. The van der Waals surface area contributed by atoms with Crippen molar-refractivity contribution < 1.29 is 0 Å². The highest BCUT2D eigenvalue weighted by atomic mass is 15.2. The number of fused-ring (bicyclic) bond motifs is 14. The van der Waals surface area contributed by atoms with Gasteiger partial charge in [0.05, 0.1) is 39.5 Å². The maximum absolute atomic E-state index is 5.20. The highest BCUT2D eigenvalue weighted by Crippen LogP contribution is 2.54. The van der Waals surface area contributed by atoms with Crippen molar-refractivity contribution in [2.45, 2.75) is 24.8 Å². The number of anilines is 2. The molecule has 2 unspecified atom stereocenters. The summed E-state index contributed by atoms with van der Waals surface area (Å²) in [5.74, 6) is 1.92. The molecule has 4 aromatic heterocycles. The maximum atomic E-state index is 5.20. The van der Waals surface area contributed by atoms with Crippen LogP contribution in [0.25, 0.3) is 123 Å². The van der Waals surface area contributed by atoms with Crippen molar-refractivity contribution in [3.8, 4) is 56.7 Å². The zero-order valence-electron chi connectivity index (χ0n) is 44.7. The molecule has 0 saturated heterocycles. The van der Waals surface area contributed by atoms with Crippen LogP contribution >= 0.6 is 0 Å². The fourth-order valence-corrected chi connectivity index (χ4v) is 13.7. The minimum atomic E-state index is 0.0244. The number of nitrogens with zero attached hydrogens (tertiary/aromatic N) is 7. The van der Waals surface area contributed by atoms with Gasteiger partial charge in [-0.25, -0.2) is 15.0 Å². The smallest absolute Gasteiger partial charge is 0.164 e. The van der Waals surface area contributed by atoms with Gasteiger partial charge in [0.2, 0.25) is 0 Å². The zero-order chi connectivity index (χ0) is 53.8. The number of allylic oxidation sites excluding steroid dienone is 4. The van der Waals surface area contributed by atoms with Gasteiger partial charge in [-0.1, -0.05) is 194 Å².